The summed E-state index contributed by atoms with van der Waals surface area (Å²) in [4.78, 5) is 8.93. The summed E-state index contributed by atoms with van der Waals surface area (Å²) >= 11 is 0. The van der Waals surface area contributed by atoms with Gasteiger partial charge in [0.1, 0.15) is 18.2 Å². The number of hydrogen-bond acceptors (Lipinski definition) is 6. The standard InChI is InChI=1S/C21H30N4O3/c1-23-9-7-22-20(23)15-28-19-4-2-18(3-5-19)14-25-8-6-21(26,17-25)16-24-10-12-27-13-11-24/h2-5,7,9,26H,6,8,10-17H2,1H3/t21-/m1/s1. The number of ether oxygens (including phenoxy) is 2. The van der Waals surface area contributed by atoms with Crippen LogP contribution < -0.4 is 4.74 Å². The Morgan fingerprint density at radius 1 is 1.14 bits per heavy atom. The van der Waals surface area contributed by atoms with Crippen LogP contribution in [0.25, 0.3) is 0 Å². The summed E-state index contributed by atoms with van der Waals surface area (Å²) in [6.07, 6.45) is 4.52. The van der Waals surface area contributed by atoms with Crippen LogP contribution in [0.15, 0.2) is 36.7 Å². The van der Waals surface area contributed by atoms with Gasteiger partial charge in [0.15, 0.2) is 0 Å². The number of aromatic nitrogens is 2. The van der Waals surface area contributed by atoms with Crippen LogP contribution >= 0.6 is 0 Å². The molecule has 0 amide bonds. The molecule has 0 aliphatic carbocycles. The lowest BCUT2D eigenvalue weighted by Gasteiger charge is -2.33. The molecular formula is C21H30N4O3. The Morgan fingerprint density at radius 3 is 2.64 bits per heavy atom. The van der Waals surface area contributed by atoms with Crippen molar-refractivity contribution >= 4 is 0 Å². The lowest BCUT2D eigenvalue weighted by Crippen LogP contribution is -2.48. The van der Waals surface area contributed by atoms with E-state index in [-0.39, 0.29) is 0 Å². The van der Waals surface area contributed by atoms with Crippen molar-refractivity contribution in [3.63, 3.8) is 0 Å². The maximum absolute atomic E-state index is 11.0. The van der Waals surface area contributed by atoms with Crippen LogP contribution in [0, 0.1) is 0 Å². The molecule has 1 N–H and O–H groups in total. The van der Waals surface area contributed by atoms with E-state index in [4.69, 9.17) is 9.47 Å². The van der Waals surface area contributed by atoms with Gasteiger partial charge in [-0.15, -0.1) is 0 Å². The van der Waals surface area contributed by atoms with Crippen LogP contribution in [0.2, 0.25) is 0 Å². The Hall–Kier alpha value is -1.93. The van der Waals surface area contributed by atoms with E-state index in [1.54, 1.807) is 6.20 Å². The number of likely N-dealkylation sites (tertiary alicyclic amines) is 1. The molecule has 3 heterocycles. The Morgan fingerprint density at radius 2 is 1.93 bits per heavy atom. The quantitative estimate of drug-likeness (QED) is 0.773. The van der Waals surface area contributed by atoms with Gasteiger partial charge in [0.05, 0.1) is 18.8 Å². The van der Waals surface area contributed by atoms with Gasteiger partial charge in [-0.1, -0.05) is 12.1 Å². The largest absolute Gasteiger partial charge is 0.486 e. The molecule has 2 saturated heterocycles. The smallest absolute Gasteiger partial charge is 0.146 e. The summed E-state index contributed by atoms with van der Waals surface area (Å²) in [7, 11) is 1.96. The number of aryl methyl sites for hydroxylation is 1. The van der Waals surface area contributed by atoms with Crippen LogP contribution in [-0.2, 0) is 24.9 Å². The van der Waals surface area contributed by atoms with Gasteiger partial charge in [-0.2, -0.15) is 0 Å². The highest BCUT2D eigenvalue weighted by Crippen LogP contribution is 2.25. The van der Waals surface area contributed by atoms with Gasteiger partial charge in [0.2, 0.25) is 0 Å². The molecule has 152 valence electrons. The third-order valence-electron chi connectivity index (χ3n) is 5.65. The number of β-amino-alcohol motifs (C(OH)–C–C–N with tert-alkyl or cyclic N) is 1. The predicted molar refractivity (Wildman–Crippen MR) is 106 cm³/mol. The predicted octanol–water partition coefficient (Wildman–Crippen LogP) is 1.27. The van der Waals surface area contributed by atoms with Crippen molar-refractivity contribution in [3.8, 4) is 5.75 Å². The minimum atomic E-state index is -0.609. The zero-order valence-corrected chi connectivity index (χ0v) is 16.6. The fourth-order valence-electron chi connectivity index (χ4n) is 4.01. The lowest BCUT2D eigenvalue weighted by atomic mass is 10.0. The summed E-state index contributed by atoms with van der Waals surface area (Å²) < 4.78 is 13.2. The first-order valence-corrected chi connectivity index (χ1v) is 10.0. The van der Waals surface area contributed by atoms with E-state index in [2.05, 4.69) is 26.9 Å². The Bertz CT molecular complexity index is 757. The van der Waals surface area contributed by atoms with E-state index in [0.29, 0.717) is 6.61 Å². The molecule has 0 unspecified atom stereocenters. The van der Waals surface area contributed by atoms with Crippen molar-refractivity contribution in [1.82, 2.24) is 19.4 Å². The highest BCUT2D eigenvalue weighted by molar-refractivity contribution is 5.27. The van der Waals surface area contributed by atoms with Gasteiger partial charge >= 0.3 is 0 Å². The maximum Gasteiger partial charge on any atom is 0.146 e. The van der Waals surface area contributed by atoms with Crippen molar-refractivity contribution in [2.75, 3.05) is 45.9 Å². The van der Waals surface area contributed by atoms with Crippen LogP contribution in [0.5, 0.6) is 5.75 Å². The van der Waals surface area contributed by atoms with Crippen molar-refractivity contribution in [1.29, 1.82) is 0 Å². The molecule has 0 saturated carbocycles. The molecular weight excluding hydrogens is 356 g/mol. The molecule has 2 aliphatic rings. The second-order valence-electron chi connectivity index (χ2n) is 7.96. The van der Waals surface area contributed by atoms with E-state index >= 15 is 0 Å². The van der Waals surface area contributed by atoms with E-state index in [0.717, 1.165) is 70.5 Å². The SMILES string of the molecule is Cn1ccnc1COc1ccc(CN2CC[C@@](O)(CN3CCOCC3)C2)cc1. The molecule has 1 aromatic carbocycles. The highest BCUT2D eigenvalue weighted by Gasteiger charge is 2.37. The van der Waals surface area contributed by atoms with Crippen LogP contribution in [0.1, 0.15) is 17.8 Å². The van der Waals surface area contributed by atoms with Crippen LogP contribution in [0.3, 0.4) is 0 Å². The molecule has 2 aromatic rings. The molecule has 7 heteroatoms. The van der Waals surface area contributed by atoms with E-state index in [1.165, 1.54) is 5.56 Å². The third-order valence-corrected chi connectivity index (χ3v) is 5.65. The number of hydrogen-bond donors (Lipinski definition) is 1. The second-order valence-corrected chi connectivity index (χ2v) is 7.96. The molecule has 1 atom stereocenters. The first kappa shape index (κ1) is 19.4. The van der Waals surface area contributed by atoms with Crippen molar-refractivity contribution < 1.29 is 14.6 Å². The zero-order chi connectivity index (χ0) is 19.4. The highest BCUT2D eigenvalue weighted by atomic mass is 16.5. The van der Waals surface area contributed by atoms with Crippen LogP contribution in [0.4, 0.5) is 0 Å². The minimum absolute atomic E-state index is 0.462. The number of benzene rings is 1. The first-order chi connectivity index (χ1) is 13.6. The lowest BCUT2D eigenvalue weighted by molar-refractivity contribution is -0.0266. The van der Waals surface area contributed by atoms with E-state index in [9.17, 15) is 5.11 Å². The summed E-state index contributed by atoms with van der Waals surface area (Å²) in [5.41, 5.74) is 0.627. The number of nitrogens with zero attached hydrogens (tertiary/aromatic N) is 4. The van der Waals surface area contributed by atoms with Gasteiger partial charge in [0, 0.05) is 58.7 Å². The average Bonchev–Trinajstić information content (AvgIpc) is 3.27. The van der Waals surface area contributed by atoms with Gasteiger partial charge in [-0.25, -0.2) is 4.98 Å². The van der Waals surface area contributed by atoms with Gasteiger partial charge in [-0.3, -0.25) is 9.80 Å². The average molecular weight is 386 g/mol. The summed E-state index contributed by atoms with van der Waals surface area (Å²) in [5, 5.41) is 11.0. The zero-order valence-electron chi connectivity index (χ0n) is 16.6. The molecule has 28 heavy (non-hydrogen) atoms. The van der Waals surface area contributed by atoms with Gasteiger partial charge in [-0.05, 0) is 24.1 Å². The Labute approximate surface area is 166 Å². The van der Waals surface area contributed by atoms with Crippen molar-refractivity contribution in [3.05, 3.63) is 48.0 Å². The van der Waals surface area contributed by atoms with Gasteiger partial charge in [0.25, 0.3) is 0 Å². The van der Waals surface area contributed by atoms with Gasteiger partial charge < -0.3 is 19.1 Å². The summed E-state index contributed by atoms with van der Waals surface area (Å²) in [6.45, 7) is 7.09. The fourth-order valence-corrected chi connectivity index (χ4v) is 4.01. The maximum atomic E-state index is 11.0. The fraction of sp³-hybridized carbons (Fsp3) is 0.571. The normalized spacial score (nSPS) is 23.9. The third kappa shape index (κ3) is 4.91. The van der Waals surface area contributed by atoms with Crippen LogP contribution in [-0.4, -0.2) is 76.0 Å². The summed E-state index contributed by atoms with van der Waals surface area (Å²) in [5.74, 6) is 1.75. The molecule has 4 rings (SSSR count). The van der Waals surface area contributed by atoms with E-state index in [1.807, 2.05) is 29.9 Å². The molecule has 2 aliphatic heterocycles. The second kappa shape index (κ2) is 8.61. The molecule has 2 fully saturated rings. The summed E-state index contributed by atoms with van der Waals surface area (Å²) in [6, 6.07) is 8.22. The molecule has 0 spiro atoms. The first-order valence-electron chi connectivity index (χ1n) is 10.0. The van der Waals surface area contributed by atoms with E-state index < -0.39 is 5.60 Å². The molecule has 0 bridgehead atoms. The molecule has 7 nitrogen and oxygen atoms in total. The number of morpholine rings is 1. The number of imidazole rings is 1. The molecule has 1 aromatic heterocycles. The Kier molecular flexibility index (Phi) is 5.96. The number of aliphatic hydroxyl groups is 1. The van der Waals surface area contributed by atoms with Crippen molar-refractivity contribution in [2.45, 2.75) is 25.2 Å². The number of rotatable bonds is 7. The minimum Gasteiger partial charge on any atom is -0.486 e. The Balaban J connectivity index is 1.26. The molecule has 0 radical (unpaired) electrons. The van der Waals surface area contributed by atoms with Crippen molar-refractivity contribution in [2.24, 2.45) is 7.05 Å². The topological polar surface area (TPSA) is 63.0 Å². The monoisotopic (exact) mass is 386 g/mol.